The van der Waals surface area contributed by atoms with Gasteiger partial charge in [0.05, 0.1) is 6.54 Å². The Labute approximate surface area is 136 Å². The zero-order chi connectivity index (χ0) is 16.9. The van der Waals surface area contributed by atoms with Crippen LogP contribution in [0.3, 0.4) is 0 Å². The van der Waals surface area contributed by atoms with Crippen molar-refractivity contribution in [3.05, 3.63) is 22.1 Å². The maximum atomic E-state index is 11.9. The molecule has 0 saturated heterocycles. The second-order valence-corrected chi connectivity index (χ2v) is 6.11. The highest BCUT2D eigenvalue weighted by atomic mass is 79.9. The summed E-state index contributed by atoms with van der Waals surface area (Å²) in [6.07, 6.45) is 0.319. The summed E-state index contributed by atoms with van der Waals surface area (Å²) in [5.74, 6) is -1.96. The van der Waals surface area contributed by atoms with Gasteiger partial charge in [0.25, 0.3) is 5.91 Å². The fourth-order valence-corrected chi connectivity index (χ4v) is 2.35. The van der Waals surface area contributed by atoms with Gasteiger partial charge in [-0.05, 0) is 41.3 Å². The first-order valence-electron chi connectivity index (χ1n) is 6.77. The normalized spacial score (nSPS) is 12.0. The number of hydrogen-bond acceptors (Lipinski definition) is 4. The number of nitrogens with one attached hydrogen (secondary N) is 2. The highest BCUT2D eigenvalue weighted by molar-refractivity contribution is 9.10. The molecule has 0 bridgehead atoms. The summed E-state index contributed by atoms with van der Waals surface area (Å²) < 4.78 is 5.58. The standard InChI is InChI=1S/C14H19BrN2O5/c1-7(2)4-9(14(20)21)17-11(18)6-16-13(19)12-8(3)5-10(15)22-12/h5,7,9H,4,6H2,1-3H3,(H,16,19)(H,17,18)(H,20,21)/t9-/m0/s1. The largest absolute Gasteiger partial charge is 0.480 e. The predicted molar refractivity (Wildman–Crippen MR) is 82.5 cm³/mol. The van der Waals surface area contributed by atoms with Gasteiger partial charge in [-0.15, -0.1) is 0 Å². The third kappa shape index (κ3) is 5.51. The number of aryl methyl sites for hydroxylation is 1. The lowest BCUT2D eigenvalue weighted by Gasteiger charge is -2.16. The van der Waals surface area contributed by atoms with Gasteiger partial charge in [0.15, 0.2) is 10.4 Å². The lowest BCUT2D eigenvalue weighted by molar-refractivity contribution is -0.142. The van der Waals surface area contributed by atoms with E-state index >= 15 is 0 Å². The molecule has 1 rings (SSSR count). The molecule has 0 aliphatic rings. The van der Waals surface area contributed by atoms with Crippen LogP contribution in [0.5, 0.6) is 0 Å². The Kier molecular flexibility index (Phi) is 6.61. The molecule has 0 aliphatic heterocycles. The van der Waals surface area contributed by atoms with Gasteiger partial charge in [0.1, 0.15) is 6.04 Å². The molecule has 8 heteroatoms. The number of carbonyl (C=O) groups excluding carboxylic acids is 2. The summed E-state index contributed by atoms with van der Waals surface area (Å²) in [6, 6.07) is 0.668. The molecule has 1 atom stereocenters. The van der Waals surface area contributed by atoms with Gasteiger partial charge in [-0.1, -0.05) is 13.8 Å². The molecule has 0 aliphatic carbocycles. The van der Waals surface area contributed by atoms with Crippen LogP contribution in [0.15, 0.2) is 15.2 Å². The van der Waals surface area contributed by atoms with Gasteiger partial charge in [0.2, 0.25) is 5.91 Å². The third-order valence-corrected chi connectivity index (χ3v) is 3.23. The van der Waals surface area contributed by atoms with E-state index in [1.807, 2.05) is 13.8 Å². The van der Waals surface area contributed by atoms with Crippen LogP contribution in [0, 0.1) is 12.8 Å². The summed E-state index contributed by atoms with van der Waals surface area (Å²) >= 11 is 3.11. The van der Waals surface area contributed by atoms with Crippen LogP contribution in [0.2, 0.25) is 0 Å². The zero-order valence-electron chi connectivity index (χ0n) is 12.6. The van der Waals surface area contributed by atoms with E-state index in [2.05, 4.69) is 26.6 Å². The first-order valence-corrected chi connectivity index (χ1v) is 7.56. The first kappa shape index (κ1) is 18.2. The van der Waals surface area contributed by atoms with Crippen molar-refractivity contribution in [3.63, 3.8) is 0 Å². The average molecular weight is 375 g/mol. The number of halogens is 1. The summed E-state index contributed by atoms with van der Waals surface area (Å²) in [5, 5.41) is 13.8. The number of carboxylic acids is 1. The minimum Gasteiger partial charge on any atom is -0.480 e. The zero-order valence-corrected chi connectivity index (χ0v) is 14.2. The van der Waals surface area contributed by atoms with Gasteiger partial charge in [-0.25, -0.2) is 4.79 Å². The Morgan fingerprint density at radius 2 is 2.00 bits per heavy atom. The van der Waals surface area contributed by atoms with E-state index < -0.39 is 23.8 Å². The lowest BCUT2D eigenvalue weighted by atomic mass is 10.0. The predicted octanol–water partition coefficient (Wildman–Crippen LogP) is 1.70. The van der Waals surface area contributed by atoms with Gasteiger partial charge in [0, 0.05) is 5.56 Å². The molecule has 0 unspecified atom stereocenters. The summed E-state index contributed by atoms with van der Waals surface area (Å²) in [7, 11) is 0. The molecule has 1 aromatic rings. The smallest absolute Gasteiger partial charge is 0.326 e. The SMILES string of the molecule is Cc1cc(Br)oc1C(=O)NCC(=O)N[C@@H](CC(C)C)C(=O)O. The molecule has 122 valence electrons. The van der Waals surface area contributed by atoms with Crippen LogP contribution in [0.1, 0.15) is 36.4 Å². The molecule has 0 fully saturated rings. The van der Waals surface area contributed by atoms with Crippen LogP contribution >= 0.6 is 15.9 Å². The van der Waals surface area contributed by atoms with Crippen molar-refractivity contribution in [3.8, 4) is 0 Å². The Hall–Kier alpha value is -1.83. The molecular weight excluding hydrogens is 356 g/mol. The van der Waals surface area contributed by atoms with Gasteiger partial charge < -0.3 is 20.2 Å². The van der Waals surface area contributed by atoms with Crippen LogP contribution in [0.25, 0.3) is 0 Å². The van der Waals surface area contributed by atoms with E-state index in [9.17, 15) is 14.4 Å². The lowest BCUT2D eigenvalue weighted by Crippen LogP contribution is -2.46. The van der Waals surface area contributed by atoms with E-state index in [-0.39, 0.29) is 18.2 Å². The van der Waals surface area contributed by atoms with Crippen LogP contribution < -0.4 is 10.6 Å². The van der Waals surface area contributed by atoms with Crippen LogP contribution in [0.4, 0.5) is 0 Å². The van der Waals surface area contributed by atoms with Crippen molar-refractivity contribution in [2.75, 3.05) is 6.54 Å². The fraction of sp³-hybridized carbons (Fsp3) is 0.500. The van der Waals surface area contributed by atoms with Gasteiger partial charge >= 0.3 is 5.97 Å². The number of hydrogen-bond donors (Lipinski definition) is 3. The summed E-state index contributed by atoms with van der Waals surface area (Å²) in [6.45, 7) is 5.10. The highest BCUT2D eigenvalue weighted by Gasteiger charge is 2.22. The number of aliphatic carboxylic acids is 1. The fourth-order valence-electron chi connectivity index (χ4n) is 1.85. The monoisotopic (exact) mass is 374 g/mol. The quantitative estimate of drug-likeness (QED) is 0.672. The van der Waals surface area contributed by atoms with Crippen molar-refractivity contribution in [1.82, 2.24) is 10.6 Å². The van der Waals surface area contributed by atoms with Gasteiger partial charge in [-0.2, -0.15) is 0 Å². The average Bonchev–Trinajstić information content (AvgIpc) is 2.73. The van der Waals surface area contributed by atoms with Crippen molar-refractivity contribution < 1.29 is 23.9 Å². The molecule has 0 saturated carbocycles. The second-order valence-electron chi connectivity index (χ2n) is 5.33. The molecule has 3 N–H and O–H groups in total. The third-order valence-electron chi connectivity index (χ3n) is 2.84. The molecule has 7 nitrogen and oxygen atoms in total. The molecule has 0 radical (unpaired) electrons. The van der Waals surface area contributed by atoms with E-state index in [0.717, 1.165) is 0 Å². The van der Waals surface area contributed by atoms with Crippen molar-refractivity contribution in [2.24, 2.45) is 5.92 Å². The maximum Gasteiger partial charge on any atom is 0.326 e. The van der Waals surface area contributed by atoms with Crippen LogP contribution in [-0.2, 0) is 9.59 Å². The number of carbonyl (C=O) groups is 3. The number of amides is 2. The van der Waals surface area contributed by atoms with E-state index in [1.165, 1.54) is 0 Å². The topological polar surface area (TPSA) is 109 Å². The Balaban J connectivity index is 2.53. The Morgan fingerprint density at radius 3 is 2.45 bits per heavy atom. The Morgan fingerprint density at radius 1 is 1.36 bits per heavy atom. The molecular formula is C14H19BrN2O5. The minimum atomic E-state index is -1.10. The van der Waals surface area contributed by atoms with Crippen molar-refractivity contribution in [2.45, 2.75) is 33.2 Å². The number of furan rings is 1. The van der Waals surface area contributed by atoms with Gasteiger partial charge in [-0.3, -0.25) is 9.59 Å². The maximum absolute atomic E-state index is 11.9. The van der Waals surface area contributed by atoms with Crippen molar-refractivity contribution >= 4 is 33.7 Å². The highest BCUT2D eigenvalue weighted by Crippen LogP contribution is 2.19. The van der Waals surface area contributed by atoms with Crippen molar-refractivity contribution in [1.29, 1.82) is 0 Å². The molecule has 22 heavy (non-hydrogen) atoms. The number of rotatable bonds is 7. The minimum absolute atomic E-state index is 0.108. The molecule has 1 aromatic heterocycles. The van der Waals surface area contributed by atoms with Crippen LogP contribution in [-0.4, -0.2) is 35.5 Å². The van der Waals surface area contributed by atoms with E-state index in [0.29, 0.717) is 16.7 Å². The Bertz CT molecular complexity index is 568. The first-order chi connectivity index (χ1) is 10.2. The summed E-state index contributed by atoms with van der Waals surface area (Å²) in [4.78, 5) is 34.7. The second kappa shape index (κ2) is 7.98. The van der Waals surface area contributed by atoms with E-state index in [4.69, 9.17) is 9.52 Å². The number of carboxylic acid groups (broad SMARTS) is 1. The van der Waals surface area contributed by atoms with E-state index in [1.54, 1.807) is 13.0 Å². The molecule has 0 spiro atoms. The molecule has 0 aromatic carbocycles. The molecule has 1 heterocycles. The summed E-state index contributed by atoms with van der Waals surface area (Å²) in [5.41, 5.74) is 0.632. The molecule has 2 amide bonds.